The summed E-state index contributed by atoms with van der Waals surface area (Å²) in [5, 5.41) is 8.65. The van der Waals surface area contributed by atoms with Crippen LogP contribution in [0.2, 0.25) is 0 Å². The first-order valence-corrected chi connectivity index (χ1v) is 9.27. The second kappa shape index (κ2) is 9.38. The minimum Gasteiger partial charge on any atom is -0.447 e. The maximum atomic E-state index is 12.3. The Balaban J connectivity index is 2.14. The van der Waals surface area contributed by atoms with E-state index in [4.69, 9.17) is 21.3 Å². The maximum absolute atomic E-state index is 12.3. The third kappa shape index (κ3) is 4.29. The van der Waals surface area contributed by atoms with E-state index in [0.29, 0.717) is 33.7 Å². The standard InChI is InChI=1S/C23H18N4O4/c1-14-17(22(28)30-10-9-24)11-26-20(14)19(16-7-5-4-6-8-16)21-15(2)18(12-27-21)23(29)31-13-25-3/h4-8,11-12,27H,10,13H2,1-2H3/b20-19-. The van der Waals surface area contributed by atoms with Crippen molar-refractivity contribution in [2.75, 3.05) is 13.3 Å². The first kappa shape index (κ1) is 21.3. The monoisotopic (exact) mass is 414 g/mol. The molecule has 154 valence electrons. The first-order valence-electron chi connectivity index (χ1n) is 9.27. The summed E-state index contributed by atoms with van der Waals surface area (Å²) in [6.07, 6.45) is 2.94. The average Bonchev–Trinajstić information content (AvgIpc) is 3.35. The molecule has 8 heteroatoms. The molecule has 0 radical (unpaired) electrons. The highest BCUT2D eigenvalue weighted by Crippen LogP contribution is 2.36. The van der Waals surface area contributed by atoms with Gasteiger partial charge in [-0.15, -0.1) is 0 Å². The molecule has 1 aromatic heterocycles. The van der Waals surface area contributed by atoms with Gasteiger partial charge in [0.2, 0.25) is 0 Å². The van der Waals surface area contributed by atoms with E-state index >= 15 is 0 Å². The fourth-order valence-corrected chi connectivity index (χ4v) is 3.22. The predicted octanol–water partition coefficient (Wildman–Crippen LogP) is 3.58. The van der Waals surface area contributed by atoms with Crippen molar-refractivity contribution >= 4 is 23.7 Å². The van der Waals surface area contributed by atoms with E-state index in [1.807, 2.05) is 30.3 Å². The number of allylic oxidation sites excluding steroid dienone is 1. The Morgan fingerprint density at radius 1 is 1.19 bits per heavy atom. The topological polar surface area (TPSA) is 109 Å². The van der Waals surface area contributed by atoms with Crippen LogP contribution in [0.3, 0.4) is 0 Å². The Bertz CT molecular complexity index is 1200. The number of benzene rings is 1. The number of carbonyl (C=O) groups is 2. The van der Waals surface area contributed by atoms with Crippen molar-refractivity contribution in [2.45, 2.75) is 13.8 Å². The number of carbonyl (C=O) groups excluding carboxylic acids is 2. The summed E-state index contributed by atoms with van der Waals surface area (Å²) < 4.78 is 9.85. The summed E-state index contributed by atoms with van der Waals surface area (Å²) in [7, 11) is 0. The van der Waals surface area contributed by atoms with Crippen LogP contribution in [0, 0.1) is 24.8 Å². The van der Waals surface area contributed by atoms with Gasteiger partial charge in [-0.05, 0) is 30.5 Å². The van der Waals surface area contributed by atoms with E-state index in [-0.39, 0.29) is 18.9 Å². The van der Waals surface area contributed by atoms with Crippen molar-refractivity contribution in [1.82, 2.24) is 4.98 Å². The normalized spacial score (nSPS) is 14.1. The highest BCUT2D eigenvalue weighted by atomic mass is 16.5. The van der Waals surface area contributed by atoms with Gasteiger partial charge in [-0.2, -0.15) is 5.26 Å². The van der Waals surface area contributed by atoms with Gasteiger partial charge in [-0.25, -0.2) is 16.2 Å². The molecule has 0 aliphatic carbocycles. The SMILES string of the molecule is [C-]#[N+]COC(=O)c1c[nH]c(/C(=C2\N=CC(C(=O)OCC#N)=C2C)c2ccccc2)c1C. The number of aromatic amines is 1. The van der Waals surface area contributed by atoms with Crippen LogP contribution < -0.4 is 0 Å². The summed E-state index contributed by atoms with van der Waals surface area (Å²) >= 11 is 0. The Morgan fingerprint density at radius 3 is 2.61 bits per heavy atom. The number of ether oxygens (including phenoxy) is 2. The Morgan fingerprint density at radius 2 is 1.94 bits per heavy atom. The van der Waals surface area contributed by atoms with E-state index in [1.54, 1.807) is 19.9 Å². The van der Waals surface area contributed by atoms with Crippen LogP contribution in [0.4, 0.5) is 0 Å². The molecule has 0 atom stereocenters. The first-order chi connectivity index (χ1) is 15.0. The number of rotatable bonds is 6. The number of nitriles is 1. The summed E-state index contributed by atoms with van der Waals surface area (Å²) in [6.45, 7) is 9.60. The van der Waals surface area contributed by atoms with Gasteiger partial charge in [0.05, 0.1) is 22.5 Å². The third-order valence-electron chi connectivity index (χ3n) is 4.74. The molecule has 0 unspecified atom stereocenters. The third-order valence-corrected chi connectivity index (χ3v) is 4.74. The van der Waals surface area contributed by atoms with E-state index in [2.05, 4.69) is 14.8 Å². The molecule has 0 amide bonds. The van der Waals surface area contributed by atoms with Crippen LogP contribution in [0.15, 0.2) is 58.4 Å². The molecule has 31 heavy (non-hydrogen) atoms. The van der Waals surface area contributed by atoms with Crippen LogP contribution in [0.1, 0.15) is 34.1 Å². The van der Waals surface area contributed by atoms with Crippen LogP contribution >= 0.6 is 0 Å². The molecule has 1 aromatic carbocycles. The molecule has 0 saturated carbocycles. The summed E-state index contributed by atoms with van der Waals surface area (Å²) in [6, 6.07) is 11.2. The zero-order valence-electron chi connectivity index (χ0n) is 16.9. The van der Waals surface area contributed by atoms with Crippen molar-refractivity contribution in [1.29, 1.82) is 5.26 Å². The minimum atomic E-state index is -0.628. The van der Waals surface area contributed by atoms with Crippen molar-refractivity contribution in [3.8, 4) is 6.07 Å². The van der Waals surface area contributed by atoms with Gasteiger partial charge in [-0.1, -0.05) is 30.3 Å². The highest BCUT2D eigenvalue weighted by Gasteiger charge is 2.26. The number of H-pyrrole nitrogens is 1. The molecule has 1 N–H and O–H groups in total. The van der Waals surface area contributed by atoms with Gasteiger partial charge < -0.3 is 14.5 Å². The van der Waals surface area contributed by atoms with Crippen molar-refractivity contribution in [2.24, 2.45) is 4.99 Å². The van der Waals surface area contributed by atoms with E-state index < -0.39 is 11.9 Å². The number of nitrogens with zero attached hydrogens (tertiary/aromatic N) is 3. The van der Waals surface area contributed by atoms with Gasteiger partial charge in [0, 0.05) is 18.0 Å². The number of nitrogens with one attached hydrogen (secondary N) is 1. The predicted molar refractivity (Wildman–Crippen MR) is 113 cm³/mol. The lowest BCUT2D eigenvalue weighted by Crippen LogP contribution is -2.09. The molecule has 0 fully saturated rings. The van der Waals surface area contributed by atoms with Gasteiger partial charge in [-0.3, -0.25) is 9.84 Å². The van der Waals surface area contributed by atoms with Gasteiger partial charge >= 0.3 is 18.7 Å². The molecule has 2 heterocycles. The Hall–Kier alpha value is -4.43. The number of hydrogen-bond donors (Lipinski definition) is 1. The zero-order chi connectivity index (χ0) is 22.4. The Kier molecular flexibility index (Phi) is 6.44. The quantitative estimate of drug-likeness (QED) is 0.574. The lowest BCUT2D eigenvalue weighted by atomic mass is 9.94. The zero-order valence-corrected chi connectivity index (χ0v) is 16.9. The lowest BCUT2D eigenvalue weighted by molar-refractivity contribution is -0.137. The van der Waals surface area contributed by atoms with Crippen molar-refractivity contribution in [3.05, 3.63) is 87.2 Å². The molecule has 0 bridgehead atoms. The molecule has 3 rings (SSSR count). The largest absolute Gasteiger partial charge is 0.447 e. The number of hydrogen-bond acceptors (Lipinski definition) is 6. The summed E-state index contributed by atoms with van der Waals surface area (Å²) in [4.78, 5) is 35.2. The van der Waals surface area contributed by atoms with Gasteiger partial charge in [0.25, 0.3) is 0 Å². The molecular formula is C23H18N4O4. The van der Waals surface area contributed by atoms with E-state index in [0.717, 1.165) is 5.56 Å². The van der Waals surface area contributed by atoms with Crippen LogP contribution in [0.25, 0.3) is 10.4 Å². The van der Waals surface area contributed by atoms with Crippen molar-refractivity contribution < 1.29 is 19.1 Å². The lowest BCUT2D eigenvalue weighted by Gasteiger charge is -2.12. The number of aromatic nitrogens is 1. The molecule has 1 aliphatic heterocycles. The highest BCUT2D eigenvalue weighted by molar-refractivity contribution is 6.14. The number of aliphatic imine (C=N–C) groups is 1. The second-order valence-corrected chi connectivity index (χ2v) is 6.54. The van der Waals surface area contributed by atoms with Crippen molar-refractivity contribution in [3.63, 3.8) is 0 Å². The molecule has 8 nitrogen and oxygen atoms in total. The Labute approximate surface area is 178 Å². The summed E-state index contributed by atoms with van der Waals surface area (Å²) in [5.41, 5.74) is 4.49. The molecular weight excluding hydrogens is 396 g/mol. The van der Waals surface area contributed by atoms with Gasteiger partial charge in [0.1, 0.15) is 6.07 Å². The van der Waals surface area contributed by atoms with E-state index in [9.17, 15) is 9.59 Å². The molecule has 1 aliphatic rings. The molecule has 0 spiro atoms. The van der Waals surface area contributed by atoms with Gasteiger partial charge in [0.15, 0.2) is 6.61 Å². The minimum absolute atomic E-state index is 0.264. The average molecular weight is 414 g/mol. The number of esters is 2. The van der Waals surface area contributed by atoms with Crippen LogP contribution in [-0.2, 0) is 14.3 Å². The van der Waals surface area contributed by atoms with E-state index in [1.165, 1.54) is 12.4 Å². The fourth-order valence-electron chi connectivity index (χ4n) is 3.22. The smallest absolute Gasteiger partial charge is 0.359 e. The molecule has 2 aromatic rings. The summed E-state index contributed by atoms with van der Waals surface area (Å²) in [5.74, 6) is -1.23. The molecule has 0 saturated heterocycles. The van der Waals surface area contributed by atoms with Crippen LogP contribution in [-0.4, -0.2) is 36.5 Å². The van der Waals surface area contributed by atoms with Crippen LogP contribution in [0.5, 0.6) is 0 Å². The fraction of sp³-hybridized carbons (Fsp3) is 0.174. The second-order valence-electron chi connectivity index (χ2n) is 6.54. The maximum Gasteiger partial charge on any atom is 0.359 e.